The third-order valence-electron chi connectivity index (χ3n) is 3.35. The molecule has 0 aromatic heterocycles. The number of hydrogen-bond acceptors (Lipinski definition) is 3. The quantitative estimate of drug-likeness (QED) is 0.682. The number of primary amides is 1. The van der Waals surface area contributed by atoms with Gasteiger partial charge in [-0.3, -0.25) is 4.79 Å². The number of hydrogen-bond donors (Lipinski definition) is 3. The number of carbonyl (C=O) groups excluding carboxylic acids is 2. The molecule has 4 N–H and O–H groups in total. The van der Waals surface area contributed by atoms with Crippen molar-refractivity contribution < 1.29 is 9.59 Å². The molecule has 6 nitrogen and oxygen atoms in total. The van der Waals surface area contributed by atoms with Gasteiger partial charge in [0.25, 0.3) is 0 Å². The fourth-order valence-corrected chi connectivity index (χ4v) is 2.40. The Labute approximate surface area is 120 Å². The predicted octanol–water partition coefficient (Wildman–Crippen LogP) is 0.313. The van der Waals surface area contributed by atoms with Crippen LogP contribution in [0.2, 0.25) is 0 Å². The summed E-state index contributed by atoms with van der Waals surface area (Å²) in [6, 6.07) is -0.450. The van der Waals surface area contributed by atoms with Crippen molar-refractivity contribution in [3.8, 4) is 0 Å². The summed E-state index contributed by atoms with van der Waals surface area (Å²) in [5, 5.41) is 5.62. The maximum absolute atomic E-state index is 12.3. The minimum absolute atomic E-state index is 0. The summed E-state index contributed by atoms with van der Waals surface area (Å²) in [5.41, 5.74) is 5.08. The average molecular weight is 293 g/mol. The van der Waals surface area contributed by atoms with Crippen molar-refractivity contribution >= 4 is 24.3 Å². The van der Waals surface area contributed by atoms with Crippen molar-refractivity contribution in [2.45, 2.75) is 32.2 Å². The number of nitrogens with zero attached hydrogens (tertiary/aromatic N) is 1. The van der Waals surface area contributed by atoms with Crippen LogP contribution in [0.15, 0.2) is 0 Å². The fourth-order valence-electron chi connectivity index (χ4n) is 2.40. The Bertz CT molecular complexity index is 301. The van der Waals surface area contributed by atoms with Gasteiger partial charge in [-0.05, 0) is 26.3 Å². The summed E-state index contributed by atoms with van der Waals surface area (Å²) in [7, 11) is 1.84. The molecule has 0 aromatic carbocycles. The standard InChI is InChI=1S/C12H24N4O2.ClH/c1-9(7-14-2)11(17)16-6-4-3-5-10(16)8-15-12(13)18;/h9-10,14H,3-8H2,1-2H3,(H3,13,15,18);1H. The van der Waals surface area contributed by atoms with Crippen LogP contribution in [-0.4, -0.2) is 49.6 Å². The number of nitrogens with one attached hydrogen (secondary N) is 2. The van der Waals surface area contributed by atoms with Crippen molar-refractivity contribution in [1.29, 1.82) is 0 Å². The van der Waals surface area contributed by atoms with Crippen molar-refractivity contribution in [1.82, 2.24) is 15.5 Å². The summed E-state index contributed by atoms with van der Waals surface area (Å²) >= 11 is 0. The van der Waals surface area contributed by atoms with Crippen LogP contribution in [0.5, 0.6) is 0 Å². The highest BCUT2D eigenvalue weighted by Crippen LogP contribution is 2.18. The van der Waals surface area contributed by atoms with Gasteiger partial charge in [-0.2, -0.15) is 0 Å². The van der Waals surface area contributed by atoms with E-state index in [0.29, 0.717) is 13.1 Å². The zero-order valence-corrected chi connectivity index (χ0v) is 12.5. The molecular formula is C12H25ClN4O2. The van der Waals surface area contributed by atoms with E-state index in [0.717, 1.165) is 25.8 Å². The van der Waals surface area contributed by atoms with Crippen molar-refractivity contribution in [3.63, 3.8) is 0 Å². The fraction of sp³-hybridized carbons (Fsp3) is 0.833. The zero-order valence-electron chi connectivity index (χ0n) is 11.6. The van der Waals surface area contributed by atoms with Crippen LogP contribution in [0.25, 0.3) is 0 Å². The van der Waals surface area contributed by atoms with Gasteiger partial charge in [0.1, 0.15) is 0 Å². The molecule has 1 rings (SSSR count). The van der Waals surface area contributed by atoms with Crippen LogP contribution >= 0.6 is 12.4 Å². The van der Waals surface area contributed by atoms with Crippen LogP contribution < -0.4 is 16.4 Å². The van der Waals surface area contributed by atoms with Crippen LogP contribution in [0, 0.1) is 5.92 Å². The molecule has 2 atom stereocenters. The van der Waals surface area contributed by atoms with E-state index in [4.69, 9.17) is 5.73 Å². The smallest absolute Gasteiger partial charge is 0.312 e. The average Bonchev–Trinajstić information content (AvgIpc) is 2.36. The maximum Gasteiger partial charge on any atom is 0.312 e. The summed E-state index contributed by atoms with van der Waals surface area (Å²) in [6.07, 6.45) is 3.05. The first-order chi connectivity index (χ1) is 8.56. The number of nitrogens with two attached hydrogens (primary N) is 1. The van der Waals surface area contributed by atoms with E-state index in [2.05, 4.69) is 10.6 Å². The number of piperidine rings is 1. The lowest BCUT2D eigenvalue weighted by Gasteiger charge is -2.37. The first kappa shape index (κ1) is 18.0. The second-order valence-electron chi connectivity index (χ2n) is 4.89. The van der Waals surface area contributed by atoms with Crippen LogP contribution in [0.1, 0.15) is 26.2 Å². The van der Waals surface area contributed by atoms with Crippen molar-refractivity contribution in [2.24, 2.45) is 11.7 Å². The molecule has 0 radical (unpaired) electrons. The van der Waals surface area contributed by atoms with Crippen LogP contribution in [0.3, 0.4) is 0 Å². The van der Waals surface area contributed by atoms with E-state index in [1.165, 1.54) is 0 Å². The number of carbonyl (C=O) groups is 2. The van der Waals surface area contributed by atoms with Crippen LogP contribution in [-0.2, 0) is 4.79 Å². The lowest BCUT2D eigenvalue weighted by atomic mass is 9.99. The van der Waals surface area contributed by atoms with Gasteiger partial charge in [0.2, 0.25) is 5.91 Å². The second kappa shape index (κ2) is 8.98. The molecule has 2 unspecified atom stereocenters. The molecule has 0 bridgehead atoms. The van der Waals surface area contributed by atoms with Gasteiger partial charge in [-0.1, -0.05) is 6.92 Å². The lowest BCUT2D eigenvalue weighted by molar-refractivity contribution is -0.138. The number of halogens is 1. The molecule has 0 aliphatic carbocycles. The molecule has 112 valence electrons. The highest BCUT2D eigenvalue weighted by Gasteiger charge is 2.29. The summed E-state index contributed by atoms with van der Waals surface area (Å²) in [4.78, 5) is 24.9. The van der Waals surface area contributed by atoms with Gasteiger partial charge in [0, 0.05) is 31.6 Å². The van der Waals surface area contributed by atoms with Gasteiger partial charge in [-0.15, -0.1) is 12.4 Å². The monoisotopic (exact) mass is 292 g/mol. The van der Waals surface area contributed by atoms with E-state index in [9.17, 15) is 9.59 Å². The third-order valence-corrected chi connectivity index (χ3v) is 3.35. The lowest BCUT2D eigenvalue weighted by Crippen LogP contribution is -2.52. The van der Waals surface area contributed by atoms with Crippen LogP contribution in [0.4, 0.5) is 4.79 Å². The molecule has 0 spiro atoms. The Hall–Kier alpha value is -1.01. The van der Waals surface area contributed by atoms with E-state index in [-0.39, 0.29) is 30.3 Å². The van der Waals surface area contributed by atoms with E-state index < -0.39 is 6.03 Å². The predicted molar refractivity (Wildman–Crippen MR) is 77.3 cm³/mol. The molecule has 0 aromatic rings. The second-order valence-corrected chi connectivity index (χ2v) is 4.89. The Kier molecular flexibility index (Phi) is 8.51. The third kappa shape index (κ3) is 5.65. The first-order valence-corrected chi connectivity index (χ1v) is 6.54. The zero-order chi connectivity index (χ0) is 13.5. The summed E-state index contributed by atoms with van der Waals surface area (Å²) in [5.74, 6) is 0.115. The molecule has 0 saturated carbocycles. The van der Waals surface area contributed by atoms with Gasteiger partial charge in [-0.25, -0.2) is 4.79 Å². The van der Waals surface area contributed by atoms with Gasteiger partial charge < -0.3 is 21.3 Å². The van der Waals surface area contributed by atoms with E-state index in [1.807, 2.05) is 18.9 Å². The van der Waals surface area contributed by atoms with Crippen molar-refractivity contribution in [3.05, 3.63) is 0 Å². The SMILES string of the molecule is CNCC(C)C(=O)N1CCCCC1CNC(N)=O.Cl. The normalized spacial score (nSPS) is 20.3. The maximum atomic E-state index is 12.3. The van der Waals surface area contributed by atoms with Crippen molar-refractivity contribution in [2.75, 3.05) is 26.7 Å². The van der Waals surface area contributed by atoms with Gasteiger partial charge in [0.05, 0.1) is 0 Å². The molecule has 19 heavy (non-hydrogen) atoms. The molecule has 1 aliphatic heterocycles. The Morgan fingerprint density at radius 1 is 1.42 bits per heavy atom. The number of rotatable bonds is 5. The molecule has 1 saturated heterocycles. The minimum atomic E-state index is -0.531. The summed E-state index contributed by atoms with van der Waals surface area (Å²) < 4.78 is 0. The number of likely N-dealkylation sites (tertiary alicyclic amines) is 1. The first-order valence-electron chi connectivity index (χ1n) is 6.54. The number of urea groups is 1. The van der Waals surface area contributed by atoms with E-state index in [1.54, 1.807) is 0 Å². The largest absolute Gasteiger partial charge is 0.352 e. The van der Waals surface area contributed by atoms with Gasteiger partial charge in [0.15, 0.2) is 0 Å². The summed E-state index contributed by atoms with van der Waals surface area (Å²) in [6.45, 7) is 3.82. The Morgan fingerprint density at radius 2 is 2.11 bits per heavy atom. The molecule has 1 heterocycles. The number of amides is 3. The van der Waals surface area contributed by atoms with E-state index >= 15 is 0 Å². The highest BCUT2D eigenvalue weighted by molar-refractivity contribution is 5.85. The molecule has 3 amide bonds. The molecule has 7 heteroatoms. The molecule has 1 fully saturated rings. The highest BCUT2D eigenvalue weighted by atomic mass is 35.5. The topological polar surface area (TPSA) is 87.5 Å². The molecule has 1 aliphatic rings. The Morgan fingerprint density at radius 3 is 2.68 bits per heavy atom. The molecular weight excluding hydrogens is 268 g/mol. The minimum Gasteiger partial charge on any atom is -0.352 e. The Balaban J connectivity index is 0.00000324. The van der Waals surface area contributed by atoms with Gasteiger partial charge >= 0.3 is 6.03 Å².